The van der Waals surface area contributed by atoms with Crippen molar-refractivity contribution in [1.29, 1.82) is 5.41 Å². The summed E-state index contributed by atoms with van der Waals surface area (Å²) in [5, 5.41) is 14.9. The molecule has 0 fully saturated rings. The highest BCUT2D eigenvalue weighted by Crippen LogP contribution is 1.89. The van der Waals surface area contributed by atoms with Gasteiger partial charge in [-0.05, 0) is 6.92 Å². The van der Waals surface area contributed by atoms with E-state index < -0.39 is 5.97 Å². The lowest BCUT2D eigenvalue weighted by Crippen LogP contribution is -2.05. The van der Waals surface area contributed by atoms with Crippen LogP contribution in [0, 0.1) is 5.41 Å². The van der Waals surface area contributed by atoms with E-state index in [0.29, 0.717) is 0 Å². The van der Waals surface area contributed by atoms with Crippen molar-refractivity contribution >= 4 is 11.7 Å². The lowest BCUT2D eigenvalue weighted by Gasteiger charge is -1.91. The summed E-state index contributed by atoms with van der Waals surface area (Å²) in [4.78, 5) is 9.90. The maximum atomic E-state index is 9.90. The fourth-order valence-electron chi connectivity index (χ4n) is 0.160. The molecule has 0 radical (unpaired) electrons. The molecule has 3 heteroatoms. The van der Waals surface area contributed by atoms with Crippen LogP contribution in [-0.4, -0.2) is 16.8 Å². The van der Waals surface area contributed by atoms with Gasteiger partial charge in [-0.3, -0.25) is 0 Å². The SMILES string of the molecule is C=C(C(C)=N)C(=O)O. The number of hydrogen-bond donors (Lipinski definition) is 2. The second-order valence-electron chi connectivity index (χ2n) is 1.41. The van der Waals surface area contributed by atoms with Crippen molar-refractivity contribution in [2.75, 3.05) is 0 Å². The average Bonchev–Trinajstić information content (AvgIpc) is 1.64. The highest BCUT2D eigenvalue weighted by Gasteiger charge is 2.03. The Balaban J connectivity index is 4.05. The topological polar surface area (TPSA) is 61.2 Å². The Labute approximate surface area is 47.2 Å². The molecular weight excluding hydrogens is 106 g/mol. The molecule has 0 spiro atoms. The van der Waals surface area contributed by atoms with Gasteiger partial charge in [-0.15, -0.1) is 0 Å². The fraction of sp³-hybridized carbons (Fsp3) is 0.200. The fourth-order valence-corrected chi connectivity index (χ4v) is 0.160. The van der Waals surface area contributed by atoms with Crippen molar-refractivity contribution in [3.8, 4) is 0 Å². The molecule has 0 aliphatic carbocycles. The molecule has 0 amide bonds. The lowest BCUT2D eigenvalue weighted by molar-refractivity contribution is -0.132. The Kier molecular flexibility index (Phi) is 1.94. The standard InChI is InChI=1S/C5H7NO2/c1-3(4(2)6)5(7)8/h6H,1H2,2H3,(H,7,8). The molecule has 0 rings (SSSR count). The third kappa shape index (κ3) is 1.55. The van der Waals surface area contributed by atoms with Gasteiger partial charge in [0.25, 0.3) is 0 Å². The number of carboxylic acid groups (broad SMARTS) is 1. The number of aliphatic carboxylic acids is 1. The zero-order valence-electron chi connectivity index (χ0n) is 4.56. The van der Waals surface area contributed by atoms with Crippen LogP contribution in [-0.2, 0) is 4.79 Å². The van der Waals surface area contributed by atoms with E-state index >= 15 is 0 Å². The van der Waals surface area contributed by atoms with Crippen LogP contribution in [0.25, 0.3) is 0 Å². The van der Waals surface area contributed by atoms with E-state index in [1.165, 1.54) is 6.92 Å². The minimum Gasteiger partial charge on any atom is -0.478 e. The van der Waals surface area contributed by atoms with Crippen LogP contribution in [0.2, 0.25) is 0 Å². The molecule has 0 saturated heterocycles. The van der Waals surface area contributed by atoms with E-state index in [-0.39, 0.29) is 11.3 Å². The summed E-state index contributed by atoms with van der Waals surface area (Å²) < 4.78 is 0. The number of carbonyl (C=O) groups is 1. The molecule has 0 bridgehead atoms. The molecule has 44 valence electrons. The third-order valence-electron chi connectivity index (χ3n) is 0.711. The Bertz CT molecular complexity index is 133. The van der Waals surface area contributed by atoms with Crippen LogP contribution < -0.4 is 0 Å². The molecule has 0 aliphatic rings. The number of carboxylic acids is 1. The Hall–Kier alpha value is -1.12. The Morgan fingerprint density at radius 2 is 2.12 bits per heavy atom. The lowest BCUT2D eigenvalue weighted by atomic mass is 10.2. The molecule has 3 nitrogen and oxygen atoms in total. The van der Waals surface area contributed by atoms with Gasteiger partial charge in [0.1, 0.15) is 0 Å². The first kappa shape index (κ1) is 6.88. The van der Waals surface area contributed by atoms with Crippen LogP contribution in [0.5, 0.6) is 0 Å². The summed E-state index contributed by atoms with van der Waals surface area (Å²) in [6, 6.07) is 0. The molecule has 0 aliphatic heterocycles. The zero-order valence-corrected chi connectivity index (χ0v) is 4.56. The van der Waals surface area contributed by atoms with Crippen LogP contribution in [0.15, 0.2) is 12.2 Å². The summed E-state index contributed by atoms with van der Waals surface area (Å²) >= 11 is 0. The van der Waals surface area contributed by atoms with Gasteiger partial charge in [0.05, 0.1) is 5.57 Å². The summed E-state index contributed by atoms with van der Waals surface area (Å²) in [6.45, 7) is 4.52. The predicted molar refractivity (Wildman–Crippen MR) is 30.2 cm³/mol. The van der Waals surface area contributed by atoms with Crippen molar-refractivity contribution in [2.45, 2.75) is 6.92 Å². The second-order valence-corrected chi connectivity index (χ2v) is 1.41. The van der Waals surface area contributed by atoms with Gasteiger partial charge in [-0.2, -0.15) is 0 Å². The number of nitrogens with one attached hydrogen (secondary N) is 1. The van der Waals surface area contributed by atoms with Crippen LogP contribution in [0.1, 0.15) is 6.92 Å². The van der Waals surface area contributed by atoms with E-state index in [1.807, 2.05) is 0 Å². The quantitative estimate of drug-likeness (QED) is 0.408. The van der Waals surface area contributed by atoms with Gasteiger partial charge < -0.3 is 10.5 Å². The largest absolute Gasteiger partial charge is 0.478 e. The number of hydrogen-bond acceptors (Lipinski definition) is 2. The van der Waals surface area contributed by atoms with Gasteiger partial charge in [0, 0.05) is 5.71 Å². The van der Waals surface area contributed by atoms with Crippen molar-refractivity contribution < 1.29 is 9.90 Å². The minimum absolute atomic E-state index is 0.00231. The maximum Gasteiger partial charge on any atom is 0.336 e. The molecule has 0 aromatic heterocycles. The normalized spacial score (nSPS) is 8.12. The van der Waals surface area contributed by atoms with Gasteiger partial charge in [-0.1, -0.05) is 6.58 Å². The summed E-state index contributed by atoms with van der Waals surface area (Å²) in [6.07, 6.45) is 0. The van der Waals surface area contributed by atoms with Gasteiger partial charge in [0.15, 0.2) is 0 Å². The van der Waals surface area contributed by atoms with E-state index in [4.69, 9.17) is 10.5 Å². The Morgan fingerprint density at radius 1 is 1.75 bits per heavy atom. The Morgan fingerprint density at radius 3 is 2.12 bits per heavy atom. The van der Waals surface area contributed by atoms with Crippen molar-refractivity contribution in [3.63, 3.8) is 0 Å². The summed E-state index contributed by atoms with van der Waals surface area (Å²) in [7, 11) is 0. The highest BCUT2D eigenvalue weighted by atomic mass is 16.4. The number of rotatable bonds is 2. The predicted octanol–water partition coefficient (Wildman–Crippen LogP) is 0.667. The molecule has 0 saturated carbocycles. The van der Waals surface area contributed by atoms with E-state index in [1.54, 1.807) is 0 Å². The first-order chi connectivity index (χ1) is 3.55. The molecule has 0 atom stereocenters. The van der Waals surface area contributed by atoms with E-state index in [9.17, 15) is 4.79 Å². The van der Waals surface area contributed by atoms with Crippen LogP contribution in [0.3, 0.4) is 0 Å². The molecule has 0 heterocycles. The molecule has 8 heavy (non-hydrogen) atoms. The van der Waals surface area contributed by atoms with Gasteiger partial charge >= 0.3 is 5.97 Å². The smallest absolute Gasteiger partial charge is 0.336 e. The second kappa shape index (κ2) is 2.26. The zero-order chi connectivity index (χ0) is 6.73. The molecule has 0 unspecified atom stereocenters. The highest BCUT2D eigenvalue weighted by molar-refractivity contribution is 6.16. The molecule has 2 N–H and O–H groups in total. The monoisotopic (exact) mass is 113 g/mol. The first-order valence-corrected chi connectivity index (χ1v) is 2.03. The van der Waals surface area contributed by atoms with Gasteiger partial charge in [0.2, 0.25) is 0 Å². The molecule has 0 aromatic carbocycles. The van der Waals surface area contributed by atoms with E-state index in [2.05, 4.69) is 6.58 Å². The summed E-state index contributed by atoms with van der Waals surface area (Å²) in [5.74, 6) is -1.13. The molecule has 0 aromatic rings. The van der Waals surface area contributed by atoms with Crippen LogP contribution >= 0.6 is 0 Å². The van der Waals surface area contributed by atoms with Crippen LogP contribution in [0.4, 0.5) is 0 Å². The van der Waals surface area contributed by atoms with E-state index in [0.717, 1.165) is 0 Å². The molecular formula is C5H7NO2. The summed E-state index contributed by atoms with van der Waals surface area (Å²) in [5.41, 5.74) is -0.150. The minimum atomic E-state index is -1.13. The van der Waals surface area contributed by atoms with Crippen molar-refractivity contribution in [3.05, 3.63) is 12.2 Å². The van der Waals surface area contributed by atoms with Crippen molar-refractivity contribution in [2.24, 2.45) is 0 Å². The van der Waals surface area contributed by atoms with Crippen molar-refractivity contribution in [1.82, 2.24) is 0 Å². The maximum absolute atomic E-state index is 9.90. The first-order valence-electron chi connectivity index (χ1n) is 2.03. The van der Waals surface area contributed by atoms with Gasteiger partial charge in [-0.25, -0.2) is 4.79 Å². The average molecular weight is 113 g/mol. The third-order valence-corrected chi connectivity index (χ3v) is 0.711.